The van der Waals surface area contributed by atoms with E-state index >= 15 is 0 Å². The highest BCUT2D eigenvalue weighted by atomic mass is 15.3. The zero-order chi connectivity index (χ0) is 19.0. The van der Waals surface area contributed by atoms with Crippen molar-refractivity contribution >= 4 is 0 Å². The second-order valence-corrected chi connectivity index (χ2v) is 7.91. The number of benzene rings is 2. The van der Waals surface area contributed by atoms with Gasteiger partial charge >= 0.3 is 0 Å². The number of rotatable bonds is 4. The number of hydrogen-bond donors (Lipinski definition) is 0. The second-order valence-electron chi connectivity index (χ2n) is 7.91. The molecule has 0 N–H and O–H groups in total. The Morgan fingerprint density at radius 2 is 1.85 bits per heavy atom. The molecule has 2 aromatic carbocycles. The summed E-state index contributed by atoms with van der Waals surface area (Å²) in [6, 6.07) is 18.2. The maximum Gasteiger partial charge on any atom is 0.0674 e. The van der Waals surface area contributed by atoms with Crippen molar-refractivity contribution in [1.82, 2.24) is 14.7 Å². The summed E-state index contributed by atoms with van der Waals surface area (Å²) in [5.41, 5.74) is 9.52. The van der Waals surface area contributed by atoms with Gasteiger partial charge in [-0.3, -0.25) is 9.58 Å². The molecule has 3 aromatic rings. The molecule has 0 unspecified atom stereocenters. The van der Waals surface area contributed by atoms with E-state index in [0.29, 0.717) is 6.04 Å². The minimum atomic E-state index is 0.601. The molecule has 1 aromatic heterocycles. The molecule has 27 heavy (non-hydrogen) atoms. The third-order valence-electron chi connectivity index (χ3n) is 6.13. The van der Waals surface area contributed by atoms with Gasteiger partial charge < -0.3 is 0 Å². The molecule has 1 aliphatic rings. The van der Waals surface area contributed by atoms with Crippen LogP contribution in [-0.2, 0) is 26.4 Å². The van der Waals surface area contributed by atoms with Gasteiger partial charge in [0.1, 0.15) is 0 Å². The van der Waals surface area contributed by atoms with Gasteiger partial charge in [-0.2, -0.15) is 5.10 Å². The maximum absolute atomic E-state index is 4.63. The Morgan fingerprint density at radius 1 is 1.07 bits per heavy atom. The van der Waals surface area contributed by atoms with E-state index in [4.69, 9.17) is 0 Å². The number of aromatic nitrogens is 2. The van der Waals surface area contributed by atoms with Gasteiger partial charge in [0, 0.05) is 30.9 Å². The Labute approximate surface area is 162 Å². The van der Waals surface area contributed by atoms with Crippen LogP contribution in [0.25, 0.3) is 11.1 Å². The molecule has 0 saturated heterocycles. The molecule has 0 radical (unpaired) electrons. The Balaban J connectivity index is 1.59. The fraction of sp³-hybridized carbons (Fsp3) is 0.375. The van der Waals surface area contributed by atoms with Crippen molar-refractivity contribution in [3.8, 4) is 11.1 Å². The molecule has 3 nitrogen and oxygen atoms in total. The Hall–Kier alpha value is -2.39. The first kappa shape index (κ1) is 18.0. The van der Waals surface area contributed by atoms with Crippen LogP contribution in [0, 0.1) is 13.8 Å². The minimum Gasteiger partial charge on any atom is -0.299 e. The van der Waals surface area contributed by atoms with Crippen molar-refractivity contribution in [3.05, 3.63) is 76.6 Å². The first-order valence-electron chi connectivity index (χ1n) is 9.90. The number of fused-ring (bicyclic) bond motifs is 1. The fourth-order valence-electron chi connectivity index (χ4n) is 4.56. The van der Waals surface area contributed by atoms with Crippen LogP contribution in [-0.4, -0.2) is 27.8 Å². The van der Waals surface area contributed by atoms with E-state index in [2.05, 4.69) is 79.4 Å². The highest BCUT2D eigenvalue weighted by molar-refractivity contribution is 5.73. The monoisotopic (exact) mass is 359 g/mol. The lowest BCUT2D eigenvalue weighted by atomic mass is 9.82. The van der Waals surface area contributed by atoms with Crippen LogP contribution in [0.5, 0.6) is 0 Å². The highest BCUT2D eigenvalue weighted by Crippen LogP contribution is 2.35. The summed E-state index contributed by atoms with van der Waals surface area (Å²) in [7, 11) is 4.30. The number of likely N-dealkylation sites (N-methyl/N-ethyl adjacent to an activating group) is 1. The van der Waals surface area contributed by atoms with Crippen molar-refractivity contribution < 1.29 is 0 Å². The van der Waals surface area contributed by atoms with Crippen LogP contribution in [0.15, 0.2) is 48.5 Å². The Morgan fingerprint density at radius 3 is 2.56 bits per heavy atom. The highest BCUT2D eigenvalue weighted by Gasteiger charge is 2.25. The van der Waals surface area contributed by atoms with Gasteiger partial charge in [0.25, 0.3) is 0 Å². The summed E-state index contributed by atoms with van der Waals surface area (Å²) in [6.45, 7) is 5.32. The van der Waals surface area contributed by atoms with Gasteiger partial charge in [-0.25, -0.2) is 0 Å². The third-order valence-corrected chi connectivity index (χ3v) is 6.13. The molecule has 0 bridgehead atoms. The van der Waals surface area contributed by atoms with Crippen molar-refractivity contribution in [2.24, 2.45) is 7.05 Å². The molecular formula is C24H29N3. The topological polar surface area (TPSA) is 21.1 Å². The molecule has 4 rings (SSSR count). The minimum absolute atomic E-state index is 0.601. The van der Waals surface area contributed by atoms with Gasteiger partial charge in [-0.1, -0.05) is 48.5 Å². The van der Waals surface area contributed by atoms with E-state index in [1.54, 1.807) is 0 Å². The van der Waals surface area contributed by atoms with Gasteiger partial charge in [0.2, 0.25) is 0 Å². The van der Waals surface area contributed by atoms with Crippen molar-refractivity contribution in [1.29, 1.82) is 0 Å². The average molecular weight is 360 g/mol. The molecule has 0 spiro atoms. The standard InChI is InChI=1S/C24H29N3/c1-17-24(18(2)27(4)25-17)23-12-8-11-20-15-21(13-14-22(20)23)26(3)16-19-9-6-5-7-10-19/h5-12,21H,13-16H2,1-4H3/t21-/m0/s1. The van der Waals surface area contributed by atoms with E-state index in [1.165, 1.54) is 39.9 Å². The lowest BCUT2D eigenvalue weighted by molar-refractivity contribution is 0.214. The molecule has 0 aliphatic heterocycles. The predicted molar refractivity (Wildman–Crippen MR) is 112 cm³/mol. The van der Waals surface area contributed by atoms with Crippen LogP contribution in [0.3, 0.4) is 0 Å². The zero-order valence-electron chi connectivity index (χ0n) is 16.9. The summed E-state index contributed by atoms with van der Waals surface area (Å²) in [4.78, 5) is 2.52. The lowest BCUT2D eigenvalue weighted by Crippen LogP contribution is -2.36. The van der Waals surface area contributed by atoms with Gasteiger partial charge in [-0.05, 0) is 62.4 Å². The largest absolute Gasteiger partial charge is 0.299 e. The molecule has 0 fully saturated rings. The fourth-order valence-corrected chi connectivity index (χ4v) is 4.56. The normalized spacial score (nSPS) is 16.6. The van der Waals surface area contributed by atoms with E-state index in [0.717, 1.165) is 25.1 Å². The quantitative estimate of drug-likeness (QED) is 0.674. The first-order chi connectivity index (χ1) is 13.0. The lowest BCUT2D eigenvalue weighted by Gasteiger charge is -2.33. The van der Waals surface area contributed by atoms with Crippen LogP contribution in [0.1, 0.15) is 34.5 Å². The summed E-state index contributed by atoms with van der Waals surface area (Å²) < 4.78 is 2.00. The Kier molecular flexibility index (Phi) is 4.88. The molecule has 1 atom stereocenters. The van der Waals surface area contributed by atoms with Crippen LogP contribution in [0.4, 0.5) is 0 Å². The van der Waals surface area contributed by atoms with Gasteiger partial charge in [-0.15, -0.1) is 0 Å². The van der Waals surface area contributed by atoms with E-state index in [1.807, 2.05) is 11.7 Å². The summed E-state index contributed by atoms with van der Waals surface area (Å²) >= 11 is 0. The van der Waals surface area contributed by atoms with Gasteiger partial charge in [0.05, 0.1) is 5.69 Å². The van der Waals surface area contributed by atoms with Crippen molar-refractivity contribution in [3.63, 3.8) is 0 Å². The SMILES string of the molecule is Cc1nn(C)c(C)c1-c1cccc2c1CC[C@H](N(C)Cc1ccccc1)C2. The van der Waals surface area contributed by atoms with E-state index in [-0.39, 0.29) is 0 Å². The predicted octanol–water partition coefficient (Wildman–Crippen LogP) is 4.69. The van der Waals surface area contributed by atoms with Crippen LogP contribution < -0.4 is 0 Å². The van der Waals surface area contributed by atoms with E-state index in [9.17, 15) is 0 Å². The van der Waals surface area contributed by atoms with E-state index < -0.39 is 0 Å². The third kappa shape index (κ3) is 3.44. The van der Waals surface area contributed by atoms with Crippen molar-refractivity contribution in [2.45, 2.75) is 45.7 Å². The molecule has 1 aliphatic carbocycles. The van der Waals surface area contributed by atoms with Gasteiger partial charge in [0.15, 0.2) is 0 Å². The molecule has 0 saturated carbocycles. The Bertz CT molecular complexity index is 940. The first-order valence-corrected chi connectivity index (χ1v) is 9.90. The zero-order valence-corrected chi connectivity index (χ0v) is 16.9. The van der Waals surface area contributed by atoms with Crippen molar-refractivity contribution in [2.75, 3.05) is 7.05 Å². The smallest absolute Gasteiger partial charge is 0.0674 e. The molecule has 3 heteroatoms. The number of hydrogen-bond acceptors (Lipinski definition) is 2. The summed E-state index contributed by atoms with van der Waals surface area (Å²) in [6.07, 6.45) is 3.49. The molecular weight excluding hydrogens is 330 g/mol. The number of aryl methyl sites for hydroxylation is 2. The average Bonchev–Trinajstić information content (AvgIpc) is 2.93. The second kappa shape index (κ2) is 7.32. The summed E-state index contributed by atoms with van der Waals surface area (Å²) in [5.74, 6) is 0. The molecule has 140 valence electrons. The number of nitrogens with zero attached hydrogens (tertiary/aromatic N) is 3. The molecule has 0 amide bonds. The maximum atomic E-state index is 4.63. The summed E-state index contributed by atoms with van der Waals surface area (Å²) in [5, 5.41) is 4.63. The molecule has 1 heterocycles. The van der Waals surface area contributed by atoms with Crippen LogP contribution >= 0.6 is 0 Å². The van der Waals surface area contributed by atoms with Crippen LogP contribution in [0.2, 0.25) is 0 Å².